The van der Waals surface area contributed by atoms with Gasteiger partial charge in [0.25, 0.3) is 0 Å². The number of rotatable bonds is 4. The number of hydrogen-bond donors (Lipinski definition) is 0. The number of benzene rings is 1. The van der Waals surface area contributed by atoms with Crippen molar-refractivity contribution in [2.75, 3.05) is 33.3 Å². The van der Waals surface area contributed by atoms with Gasteiger partial charge in [-0.25, -0.2) is 8.42 Å². The number of hydrogen-bond acceptors (Lipinski definition) is 4. The van der Waals surface area contributed by atoms with E-state index < -0.39 is 10.0 Å². The molecule has 1 saturated heterocycles. The fourth-order valence-electron chi connectivity index (χ4n) is 2.95. The quantitative estimate of drug-likeness (QED) is 0.827. The van der Waals surface area contributed by atoms with Crippen molar-refractivity contribution in [2.45, 2.75) is 18.2 Å². The Morgan fingerprint density at radius 3 is 2.17 bits per heavy atom. The molecule has 1 aromatic carbocycles. The van der Waals surface area contributed by atoms with Gasteiger partial charge in [-0.2, -0.15) is 4.31 Å². The van der Waals surface area contributed by atoms with E-state index in [1.165, 1.54) is 4.31 Å². The van der Waals surface area contributed by atoms with E-state index in [-0.39, 0.29) is 16.7 Å². The van der Waals surface area contributed by atoms with Crippen molar-refractivity contribution in [2.24, 2.45) is 11.8 Å². The van der Waals surface area contributed by atoms with Gasteiger partial charge < -0.3 is 9.64 Å². The Bertz CT molecular complexity index is 679. The van der Waals surface area contributed by atoms with Crippen LogP contribution < -0.4 is 4.74 Å². The summed E-state index contributed by atoms with van der Waals surface area (Å²) in [7, 11) is -1.97. The molecule has 0 N–H and O–H groups in total. The summed E-state index contributed by atoms with van der Waals surface area (Å²) in [6.45, 7) is 3.71. The van der Waals surface area contributed by atoms with Crippen LogP contribution in [0.4, 0.5) is 0 Å². The van der Waals surface area contributed by atoms with E-state index in [9.17, 15) is 13.2 Å². The molecule has 1 amide bonds. The predicted octanol–water partition coefficient (Wildman–Crippen LogP) is 1.18. The van der Waals surface area contributed by atoms with Crippen molar-refractivity contribution in [3.05, 3.63) is 24.3 Å². The fourth-order valence-corrected chi connectivity index (χ4v) is 4.37. The second-order valence-electron chi connectivity index (χ2n) is 6.22. The highest BCUT2D eigenvalue weighted by molar-refractivity contribution is 7.89. The molecule has 0 aromatic heterocycles. The maximum Gasteiger partial charge on any atom is 0.243 e. The first-order valence-corrected chi connectivity index (χ1v) is 9.30. The van der Waals surface area contributed by atoms with E-state index in [1.807, 2.05) is 0 Å². The molecule has 1 aliphatic heterocycles. The van der Waals surface area contributed by atoms with Crippen LogP contribution >= 0.6 is 0 Å². The van der Waals surface area contributed by atoms with Crippen LogP contribution in [-0.4, -0.2) is 56.8 Å². The molecule has 2 aliphatic rings. The van der Waals surface area contributed by atoms with Crippen molar-refractivity contribution >= 4 is 15.9 Å². The average Bonchev–Trinajstić information content (AvgIpc) is 3.31. The molecule has 6 nitrogen and oxygen atoms in total. The lowest BCUT2D eigenvalue weighted by atomic mass is 10.2. The topological polar surface area (TPSA) is 66.9 Å². The zero-order valence-electron chi connectivity index (χ0n) is 13.4. The molecule has 0 radical (unpaired) electrons. The molecule has 3 rings (SSSR count). The van der Waals surface area contributed by atoms with E-state index in [1.54, 1.807) is 36.3 Å². The minimum absolute atomic E-state index is 0.153. The van der Waals surface area contributed by atoms with Gasteiger partial charge in [0.05, 0.1) is 12.0 Å². The third kappa shape index (κ3) is 3.21. The van der Waals surface area contributed by atoms with Gasteiger partial charge in [-0.05, 0) is 36.6 Å². The van der Waals surface area contributed by atoms with E-state index in [0.29, 0.717) is 37.8 Å². The minimum atomic E-state index is -3.51. The fraction of sp³-hybridized carbons (Fsp3) is 0.562. The lowest BCUT2D eigenvalue weighted by molar-refractivity contribution is -0.134. The average molecular weight is 338 g/mol. The van der Waals surface area contributed by atoms with Gasteiger partial charge in [-0.15, -0.1) is 0 Å². The van der Waals surface area contributed by atoms with Crippen molar-refractivity contribution in [1.29, 1.82) is 0 Å². The molecule has 126 valence electrons. The Morgan fingerprint density at radius 1 is 1.13 bits per heavy atom. The van der Waals surface area contributed by atoms with Crippen LogP contribution in [0.3, 0.4) is 0 Å². The molecule has 2 atom stereocenters. The van der Waals surface area contributed by atoms with E-state index in [2.05, 4.69) is 6.92 Å². The largest absolute Gasteiger partial charge is 0.497 e. The Hall–Kier alpha value is -1.60. The SMILES string of the molecule is COc1ccc(S(=O)(=O)N2CCN(C(=O)[C@@H]3C[C@H]3C)CC2)cc1. The molecular weight excluding hydrogens is 316 g/mol. The van der Waals surface area contributed by atoms with Crippen LogP contribution in [0.5, 0.6) is 5.75 Å². The number of amides is 1. The molecule has 1 aromatic rings. The highest BCUT2D eigenvalue weighted by atomic mass is 32.2. The zero-order chi connectivity index (χ0) is 16.6. The molecule has 1 aliphatic carbocycles. The van der Waals surface area contributed by atoms with Gasteiger partial charge in [0, 0.05) is 32.1 Å². The lowest BCUT2D eigenvalue weighted by Crippen LogP contribution is -2.51. The maximum absolute atomic E-state index is 12.6. The summed E-state index contributed by atoms with van der Waals surface area (Å²) in [5, 5.41) is 0. The third-order valence-electron chi connectivity index (χ3n) is 4.67. The minimum Gasteiger partial charge on any atom is -0.497 e. The zero-order valence-corrected chi connectivity index (χ0v) is 14.3. The first kappa shape index (κ1) is 16.3. The van der Waals surface area contributed by atoms with Crippen LogP contribution in [0.15, 0.2) is 29.2 Å². The smallest absolute Gasteiger partial charge is 0.243 e. The van der Waals surface area contributed by atoms with Gasteiger partial charge in [0.15, 0.2) is 0 Å². The molecule has 1 heterocycles. The van der Waals surface area contributed by atoms with E-state index in [0.717, 1.165) is 6.42 Å². The molecule has 0 unspecified atom stereocenters. The third-order valence-corrected chi connectivity index (χ3v) is 6.59. The van der Waals surface area contributed by atoms with Gasteiger partial charge in [0.2, 0.25) is 15.9 Å². The molecule has 0 bridgehead atoms. The summed E-state index contributed by atoms with van der Waals surface area (Å²) in [6, 6.07) is 6.39. The van der Waals surface area contributed by atoms with E-state index >= 15 is 0 Å². The summed E-state index contributed by atoms with van der Waals surface area (Å²) in [4.78, 5) is 14.3. The Kier molecular flexibility index (Phi) is 4.33. The van der Waals surface area contributed by atoms with Crippen molar-refractivity contribution in [3.63, 3.8) is 0 Å². The standard InChI is InChI=1S/C16H22N2O4S/c1-12-11-15(12)16(19)17-7-9-18(10-8-17)23(20,21)14-5-3-13(22-2)4-6-14/h3-6,12,15H,7-11H2,1-2H3/t12-,15-/m1/s1. The summed E-state index contributed by atoms with van der Waals surface area (Å²) >= 11 is 0. The van der Waals surface area contributed by atoms with Crippen LogP contribution in [0.1, 0.15) is 13.3 Å². The molecule has 23 heavy (non-hydrogen) atoms. The Morgan fingerprint density at radius 2 is 1.70 bits per heavy atom. The van der Waals surface area contributed by atoms with Crippen molar-refractivity contribution in [3.8, 4) is 5.75 Å². The van der Waals surface area contributed by atoms with Gasteiger partial charge in [-0.1, -0.05) is 6.92 Å². The van der Waals surface area contributed by atoms with Gasteiger partial charge >= 0.3 is 0 Å². The summed E-state index contributed by atoms with van der Waals surface area (Å²) in [5.41, 5.74) is 0. The van der Waals surface area contributed by atoms with Crippen LogP contribution in [0.25, 0.3) is 0 Å². The van der Waals surface area contributed by atoms with Crippen LogP contribution in [0.2, 0.25) is 0 Å². The van der Waals surface area contributed by atoms with Gasteiger partial charge in [0.1, 0.15) is 5.75 Å². The molecule has 1 saturated carbocycles. The predicted molar refractivity (Wildman–Crippen MR) is 85.6 cm³/mol. The highest BCUT2D eigenvalue weighted by Gasteiger charge is 2.42. The number of ether oxygens (including phenoxy) is 1. The number of piperazine rings is 1. The number of sulfonamides is 1. The first-order valence-electron chi connectivity index (χ1n) is 7.86. The molecule has 0 spiro atoms. The number of methoxy groups -OCH3 is 1. The van der Waals surface area contributed by atoms with Crippen LogP contribution in [-0.2, 0) is 14.8 Å². The molecule has 2 fully saturated rings. The van der Waals surface area contributed by atoms with Crippen molar-refractivity contribution < 1.29 is 17.9 Å². The number of nitrogens with zero attached hydrogens (tertiary/aromatic N) is 2. The Balaban J connectivity index is 1.64. The van der Waals surface area contributed by atoms with Crippen LogP contribution in [0, 0.1) is 11.8 Å². The second-order valence-corrected chi connectivity index (χ2v) is 8.16. The maximum atomic E-state index is 12.6. The first-order chi connectivity index (χ1) is 10.9. The number of carbonyl (C=O) groups is 1. The molecular formula is C16H22N2O4S. The number of carbonyl (C=O) groups excluding carboxylic acids is 1. The monoisotopic (exact) mass is 338 g/mol. The van der Waals surface area contributed by atoms with Gasteiger partial charge in [-0.3, -0.25) is 4.79 Å². The second kappa shape index (κ2) is 6.13. The summed E-state index contributed by atoms with van der Waals surface area (Å²) in [6.07, 6.45) is 0.962. The normalized spacial score (nSPS) is 25.2. The Labute approximate surface area is 137 Å². The lowest BCUT2D eigenvalue weighted by Gasteiger charge is -2.34. The summed E-state index contributed by atoms with van der Waals surface area (Å²) in [5.74, 6) is 1.43. The summed E-state index contributed by atoms with van der Waals surface area (Å²) < 4.78 is 31.8. The molecule has 7 heteroatoms. The highest BCUT2D eigenvalue weighted by Crippen LogP contribution is 2.39. The van der Waals surface area contributed by atoms with E-state index in [4.69, 9.17) is 4.74 Å². The van der Waals surface area contributed by atoms with Crippen molar-refractivity contribution in [1.82, 2.24) is 9.21 Å².